The maximum absolute atomic E-state index is 13.0. The smallest absolute Gasteiger partial charge is 0.332 e. The van der Waals surface area contributed by atoms with Crippen molar-refractivity contribution in [3.8, 4) is 0 Å². The van der Waals surface area contributed by atoms with Crippen LogP contribution in [-0.2, 0) is 4.79 Å². The lowest BCUT2D eigenvalue weighted by Gasteiger charge is -2.35. The Bertz CT molecular complexity index is 1210. The largest absolute Gasteiger partial charge is 0.336 e. The number of imide groups is 1. The van der Waals surface area contributed by atoms with E-state index in [4.69, 9.17) is 0 Å². The number of anilines is 1. The molecular weight excluding hydrogens is 410 g/mol. The van der Waals surface area contributed by atoms with E-state index in [1.54, 1.807) is 38.6 Å². The third-order valence-electron chi connectivity index (χ3n) is 6.01. The lowest BCUT2D eigenvalue weighted by Crippen LogP contribution is -2.48. The minimum Gasteiger partial charge on any atom is -0.336 e. The second kappa shape index (κ2) is 7.70. The fraction of sp³-hybridized carbons (Fsp3) is 0.364. The number of piperidine rings is 1. The number of rotatable bonds is 3. The quantitative estimate of drug-likeness (QED) is 0.584. The summed E-state index contributed by atoms with van der Waals surface area (Å²) in [6, 6.07) is 10.4. The van der Waals surface area contributed by atoms with Gasteiger partial charge in [0.1, 0.15) is 6.54 Å². The van der Waals surface area contributed by atoms with Gasteiger partial charge in [-0.25, -0.2) is 19.2 Å². The van der Waals surface area contributed by atoms with Crippen molar-refractivity contribution in [3.63, 3.8) is 0 Å². The molecule has 0 bridgehead atoms. The molecule has 0 aliphatic carbocycles. The van der Waals surface area contributed by atoms with Crippen LogP contribution in [0.15, 0.2) is 36.4 Å². The summed E-state index contributed by atoms with van der Waals surface area (Å²) in [5, 5.41) is 4.33. The summed E-state index contributed by atoms with van der Waals surface area (Å²) in [5.74, 6) is 0.0442. The molecule has 2 aromatic heterocycles. The van der Waals surface area contributed by atoms with Crippen molar-refractivity contribution in [3.05, 3.63) is 53.6 Å². The Hall–Kier alpha value is -3.82. The molecule has 1 aromatic carbocycles. The first-order chi connectivity index (χ1) is 15.4. The van der Waals surface area contributed by atoms with Gasteiger partial charge in [0, 0.05) is 30.5 Å². The minimum absolute atomic E-state index is 0.0601. The number of fused-ring (bicyclic) bond motifs is 1. The number of carbonyl (C=O) groups is 3. The van der Waals surface area contributed by atoms with Gasteiger partial charge in [0.2, 0.25) is 5.82 Å². The molecule has 0 atom stereocenters. The van der Waals surface area contributed by atoms with E-state index >= 15 is 0 Å². The van der Waals surface area contributed by atoms with E-state index in [1.165, 1.54) is 4.90 Å². The molecule has 0 radical (unpaired) electrons. The molecular formula is C22H23N7O3. The summed E-state index contributed by atoms with van der Waals surface area (Å²) in [7, 11) is 0. The number of urea groups is 1. The van der Waals surface area contributed by atoms with Crippen LogP contribution in [0, 0.1) is 13.8 Å². The molecule has 164 valence electrons. The van der Waals surface area contributed by atoms with Crippen LogP contribution in [0.5, 0.6) is 0 Å². The summed E-state index contributed by atoms with van der Waals surface area (Å²) < 4.78 is 1.57. The molecule has 2 aliphatic heterocycles. The number of benzene rings is 1. The van der Waals surface area contributed by atoms with Gasteiger partial charge < -0.3 is 9.80 Å². The number of nitrogens with zero attached hydrogens (tertiary/aromatic N) is 7. The topological polar surface area (TPSA) is 104 Å². The van der Waals surface area contributed by atoms with Crippen LogP contribution >= 0.6 is 0 Å². The summed E-state index contributed by atoms with van der Waals surface area (Å²) in [6.45, 7) is 4.76. The second-order valence-corrected chi connectivity index (χ2v) is 8.18. The van der Waals surface area contributed by atoms with E-state index in [2.05, 4.69) is 15.1 Å². The zero-order valence-electron chi connectivity index (χ0n) is 17.9. The fourth-order valence-electron chi connectivity index (χ4n) is 4.41. The number of hydrogen-bond donors (Lipinski definition) is 0. The molecule has 2 fully saturated rings. The normalized spacial score (nSPS) is 17.6. The Morgan fingerprint density at radius 1 is 1.03 bits per heavy atom. The molecule has 0 spiro atoms. The molecule has 4 heterocycles. The highest BCUT2D eigenvalue weighted by Crippen LogP contribution is 2.26. The molecule has 32 heavy (non-hydrogen) atoms. The van der Waals surface area contributed by atoms with Gasteiger partial charge in [-0.2, -0.15) is 4.98 Å². The van der Waals surface area contributed by atoms with Crippen LogP contribution in [0.4, 0.5) is 10.5 Å². The van der Waals surface area contributed by atoms with Crippen molar-refractivity contribution in [2.24, 2.45) is 0 Å². The summed E-state index contributed by atoms with van der Waals surface area (Å²) in [6.07, 6.45) is 1.19. The van der Waals surface area contributed by atoms with Gasteiger partial charge in [-0.1, -0.05) is 18.2 Å². The van der Waals surface area contributed by atoms with Gasteiger partial charge in [0.25, 0.3) is 17.6 Å². The lowest BCUT2D eigenvalue weighted by atomic mass is 10.0. The number of aromatic nitrogens is 4. The van der Waals surface area contributed by atoms with Crippen LogP contribution in [0.25, 0.3) is 5.78 Å². The standard InChI is InChI=1S/C22H23N7O3/c1-14-12-15(2)29-21(23-14)24-19(25-29)20(31)26-10-8-16(9-11-26)27-13-18(30)28(22(27)32)17-6-4-3-5-7-17/h3-7,12,16H,8-11,13H2,1-2H3. The Morgan fingerprint density at radius 2 is 1.75 bits per heavy atom. The lowest BCUT2D eigenvalue weighted by molar-refractivity contribution is -0.116. The monoisotopic (exact) mass is 433 g/mol. The van der Waals surface area contributed by atoms with Crippen molar-refractivity contribution in [1.82, 2.24) is 29.4 Å². The van der Waals surface area contributed by atoms with Crippen LogP contribution in [0.2, 0.25) is 0 Å². The molecule has 4 amide bonds. The van der Waals surface area contributed by atoms with E-state index < -0.39 is 0 Å². The predicted molar refractivity (Wildman–Crippen MR) is 115 cm³/mol. The molecule has 10 nitrogen and oxygen atoms in total. The number of para-hydroxylation sites is 1. The van der Waals surface area contributed by atoms with Crippen LogP contribution in [0.3, 0.4) is 0 Å². The van der Waals surface area contributed by atoms with E-state index in [1.807, 2.05) is 26.0 Å². The van der Waals surface area contributed by atoms with Gasteiger partial charge in [-0.3, -0.25) is 9.59 Å². The Kier molecular flexibility index (Phi) is 4.84. The molecule has 0 saturated carbocycles. The summed E-state index contributed by atoms with van der Waals surface area (Å²) >= 11 is 0. The third-order valence-corrected chi connectivity index (χ3v) is 6.01. The van der Waals surface area contributed by atoms with Crippen LogP contribution < -0.4 is 4.90 Å². The number of amides is 4. The highest BCUT2D eigenvalue weighted by Gasteiger charge is 2.42. The van der Waals surface area contributed by atoms with Gasteiger partial charge in [-0.15, -0.1) is 5.10 Å². The second-order valence-electron chi connectivity index (χ2n) is 8.18. The van der Waals surface area contributed by atoms with Crippen LogP contribution in [0.1, 0.15) is 34.8 Å². The maximum Gasteiger partial charge on any atom is 0.332 e. The third kappa shape index (κ3) is 3.37. The molecule has 0 unspecified atom stereocenters. The van der Waals surface area contributed by atoms with Gasteiger partial charge >= 0.3 is 6.03 Å². The van der Waals surface area contributed by atoms with Gasteiger partial charge in [-0.05, 0) is 44.9 Å². The van der Waals surface area contributed by atoms with E-state index in [0.717, 1.165) is 11.4 Å². The number of hydrogen-bond acceptors (Lipinski definition) is 6. The SMILES string of the molecule is Cc1cc(C)n2nc(C(=O)N3CCC(N4CC(=O)N(c5ccccc5)C4=O)CC3)nc2n1. The van der Waals surface area contributed by atoms with E-state index in [-0.39, 0.29) is 36.3 Å². The highest BCUT2D eigenvalue weighted by molar-refractivity contribution is 6.19. The highest BCUT2D eigenvalue weighted by atomic mass is 16.2. The summed E-state index contributed by atoms with van der Waals surface area (Å²) in [4.78, 5) is 51.6. The molecule has 10 heteroatoms. The Morgan fingerprint density at radius 3 is 2.47 bits per heavy atom. The Labute approximate surface area is 184 Å². The first-order valence-electron chi connectivity index (χ1n) is 10.6. The molecule has 2 saturated heterocycles. The predicted octanol–water partition coefficient (Wildman–Crippen LogP) is 1.81. The van der Waals surface area contributed by atoms with Crippen molar-refractivity contribution in [1.29, 1.82) is 0 Å². The molecule has 5 rings (SSSR count). The first-order valence-corrected chi connectivity index (χ1v) is 10.6. The van der Waals surface area contributed by atoms with Crippen molar-refractivity contribution >= 4 is 29.3 Å². The number of carbonyl (C=O) groups excluding carboxylic acids is 3. The average molecular weight is 433 g/mol. The van der Waals surface area contributed by atoms with Crippen molar-refractivity contribution in [2.45, 2.75) is 32.7 Å². The fourth-order valence-corrected chi connectivity index (χ4v) is 4.41. The molecule has 0 N–H and O–H groups in total. The van der Waals surface area contributed by atoms with Gasteiger partial charge in [0.05, 0.1) is 5.69 Å². The molecule has 2 aliphatic rings. The van der Waals surface area contributed by atoms with Crippen molar-refractivity contribution < 1.29 is 14.4 Å². The zero-order valence-corrected chi connectivity index (χ0v) is 17.9. The Balaban J connectivity index is 1.26. The average Bonchev–Trinajstić information content (AvgIpc) is 3.35. The van der Waals surface area contributed by atoms with E-state index in [0.29, 0.717) is 37.4 Å². The zero-order chi connectivity index (χ0) is 22.4. The maximum atomic E-state index is 13.0. The van der Waals surface area contributed by atoms with E-state index in [9.17, 15) is 14.4 Å². The summed E-state index contributed by atoms with van der Waals surface area (Å²) in [5.41, 5.74) is 2.25. The number of aryl methyl sites for hydroxylation is 2. The van der Waals surface area contributed by atoms with Crippen molar-refractivity contribution in [2.75, 3.05) is 24.5 Å². The van der Waals surface area contributed by atoms with Crippen LogP contribution in [-0.4, -0.2) is 72.9 Å². The molecule has 3 aromatic rings. The number of likely N-dealkylation sites (tertiary alicyclic amines) is 1. The van der Waals surface area contributed by atoms with Gasteiger partial charge in [0.15, 0.2) is 0 Å². The first kappa shape index (κ1) is 20.1. The minimum atomic E-state index is -0.301.